The smallest absolute Gasteiger partial charge is 0.188 e. The number of pyridine rings is 1. The van der Waals surface area contributed by atoms with Gasteiger partial charge in [0.2, 0.25) is 0 Å². The van der Waals surface area contributed by atoms with Gasteiger partial charge in [-0.15, -0.1) is 0 Å². The minimum Gasteiger partial charge on any atom is -0.383 e. The first kappa shape index (κ1) is 12.0. The highest BCUT2D eigenvalue weighted by Gasteiger charge is 2.08. The summed E-state index contributed by atoms with van der Waals surface area (Å²) in [5.74, 6) is -0.196. The Hall–Kier alpha value is -1.06. The van der Waals surface area contributed by atoms with Crippen molar-refractivity contribution >= 4 is 29.0 Å². The number of aromatic nitrogens is 1. The Morgan fingerprint density at radius 3 is 2.73 bits per heavy atom. The van der Waals surface area contributed by atoms with Crippen molar-refractivity contribution in [3.05, 3.63) is 40.3 Å². The van der Waals surface area contributed by atoms with E-state index in [1.54, 1.807) is 11.1 Å². The molecule has 3 nitrogen and oxygen atoms in total. The minimum atomic E-state index is -0.196. The van der Waals surface area contributed by atoms with Gasteiger partial charge in [-0.3, -0.25) is 4.79 Å². The third-order valence-corrected chi connectivity index (χ3v) is 2.12. The summed E-state index contributed by atoms with van der Waals surface area (Å²) < 4.78 is 0. The Balaban J connectivity index is 2.96. The number of ketones is 1. The number of hydrogen-bond acceptors (Lipinski definition) is 3. The fourth-order valence-corrected chi connectivity index (χ4v) is 1.26. The first-order valence-electron chi connectivity index (χ1n) is 4.20. The van der Waals surface area contributed by atoms with Gasteiger partial charge in [0.05, 0.1) is 5.02 Å². The van der Waals surface area contributed by atoms with E-state index in [2.05, 4.69) is 4.98 Å². The molecule has 0 spiro atoms. The van der Waals surface area contributed by atoms with Crippen molar-refractivity contribution < 1.29 is 4.79 Å². The molecule has 0 radical (unpaired) electrons. The van der Waals surface area contributed by atoms with Crippen LogP contribution in [0.25, 0.3) is 0 Å². The summed E-state index contributed by atoms with van der Waals surface area (Å²) in [4.78, 5) is 17.2. The molecule has 0 saturated carbocycles. The summed E-state index contributed by atoms with van der Waals surface area (Å²) >= 11 is 11.5. The first-order chi connectivity index (χ1) is 7.00. The molecular weight excluding hydrogens is 235 g/mol. The van der Waals surface area contributed by atoms with Crippen LogP contribution < -0.4 is 0 Å². The van der Waals surface area contributed by atoms with E-state index < -0.39 is 0 Å². The highest BCUT2D eigenvalue weighted by molar-refractivity contribution is 6.35. The number of allylic oxidation sites excluding steroid dienone is 1. The summed E-state index contributed by atoms with van der Waals surface area (Å²) in [6.07, 6.45) is 4.44. The van der Waals surface area contributed by atoms with E-state index in [4.69, 9.17) is 23.2 Å². The van der Waals surface area contributed by atoms with Gasteiger partial charge in [0, 0.05) is 38.1 Å². The molecule has 0 aromatic carbocycles. The zero-order valence-electron chi connectivity index (χ0n) is 8.37. The molecule has 0 N–H and O–H groups in total. The maximum atomic E-state index is 11.6. The molecule has 1 rings (SSSR count). The molecule has 0 bridgehead atoms. The Morgan fingerprint density at radius 2 is 2.13 bits per heavy atom. The van der Waals surface area contributed by atoms with Crippen LogP contribution in [0.1, 0.15) is 10.4 Å². The standard InChI is InChI=1S/C10H10Cl2N2O/c1-14(2)4-3-9(15)7-5-10(12)13-6-8(7)11/h3-6H,1-2H3. The van der Waals surface area contributed by atoms with Gasteiger partial charge in [0.15, 0.2) is 5.78 Å². The van der Waals surface area contributed by atoms with Crippen LogP contribution in [0.3, 0.4) is 0 Å². The van der Waals surface area contributed by atoms with E-state index in [0.717, 1.165) is 0 Å². The molecule has 0 aliphatic heterocycles. The van der Waals surface area contributed by atoms with Gasteiger partial charge in [0.1, 0.15) is 5.15 Å². The van der Waals surface area contributed by atoms with E-state index in [9.17, 15) is 4.79 Å². The Labute approximate surface area is 98.3 Å². The van der Waals surface area contributed by atoms with Crippen molar-refractivity contribution in [3.63, 3.8) is 0 Å². The van der Waals surface area contributed by atoms with E-state index >= 15 is 0 Å². The predicted octanol–water partition coefficient (Wildman–Crippen LogP) is 2.65. The van der Waals surface area contributed by atoms with Gasteiger partial charge in [-0.25, -0.2) is 4.98 Å². The molecule has 0 aliphatic carbocycles. The lowest BCUT2D eigenvalue weighted by Crippen LogP contribution is -2.03. The summed E-state index contributed by atoms with van der Waals surface area (Å²) in [6.45, 7) is 0. The quantitative estimate of drug-likeness (QED) is 0.466. The normalized spacial score (nSPS) is 10.7. The predicted molar refractivity (Wildman–Crippen MR) is 61.4 cm³/mol. The second kappa shape index (κ2) is 5.14. The SMILES string of the molecule is CN(C)C=CC(=O)c1cc(Cl)ncc1Cl. The lowest BCUT2D eigenvalue weighted by Gasteiger charge is -2.03. The van der Waals surface area contributed by atoms with E-state index in [0.29, 0.717) is 10.6 Å². The summed E-state index contributed by atoms with van der Waals surface area (Å²) in [5, 5.41) is 0.550. The van der Waals surface area contributed by atoms with Gasteiger partial charge in [0.25, 0.3) is 0 Å². The van der Waals surface area contributed by atoms with Crippen LogP contribution in [-0.2, 0) is 0 Å². The molecule has 1 aromatic heterocycles. The zero-order valence-corrected chi connectivity index (χ0v) is 9.88. The number of hydrogen-bond donors (Lipinski definition) is 0. The average molecular weight is 245 g/mol. The van der Waals surface area contributed by atoms with E-state index in [-0.39, 0.29) is 10.9 Å². The number of rotatable bonds is 3. The molecular formula is C10H10Cl2N2O. The van der Waals surface area contributed by atoms with Crippen molar-refractivity contribution in [2.45, 2.75) is 0 Å². The average Bonchev–Trinajstić information content (AvgIpc) is 2.18. The maximum Gasteiger partial charge on any atom is 0.188 e. The minimum absolute atomic E-state index is 0.196. The van der Waals surface area contributed by atoms with E-state index in [1.807, 2.05) is 14.1 Å². The fourth-order valence-electron chi connectivity index (χ4n) is 0.909. The molecule has 1 heterocycles. The van der Waals surface area contributed by atoms with Gasteiger partial charge in [-0.05, 0) is 6.07 Å². The van der Waals surface area contributed by atoms with Crippen LogP contribution in [0.15, 0.2) is 24.5 Å². The van der Waals surface area contributed by atoms with Crippen LogP contribution in [0, 0.1) is 0 Å². The number of nitrogens with zero attached hydrogens (tertiary/aromatic N) is 2. The highest BCUT2D eigenvalue weighted by atomic mass is 35.5. The second-order valence-corrected chi connectivity index (χ2v) is 3.92. The van der Waals surface area contributed by atoms with Gasteiger partial charge in [-0.1, -0.05) is 23.2 Å². The second-order valence-electron chi connectivity index (χ2n) is 3.13. The van der Waals surface area contributed by atoms with Gasteiger partial charge in [-0.2, -0.15) is 0 Å². The molecule has 0 amide bonds. The van der Waals surface area contributed by atoms with Crippen LogP contribution in [0.2, 0.25) is 10.2 Å². The molecule has 0 saturated heterocycles. The topological polar surface area (TPSA) is 33.2 Å². The monoisotopic (exact) mass is 244 g/mol. The molecule has 0 unspecified atom stereocenters. The Bertz CT molecular complexity index is 402. The molecule has 5 heteroatoms. The molecule has 80 valence electrons. The number of carbonyl (C=O) groups excluding carboxylic acids is 1. The third-order valence-electron chi connectivity index (χ3n) is 1.61. The molecule has 1 aromatic rings. The molecule has 0 fully saturated rings. The van der Waals surface area contributed by atoms with Crippen LogP contribution in [0.5, 0.6) is 0 Å². The van der Waals surface area contributed by atoms with Gasteiger partial charge >= 0.3 is 0 Å². The van der Waals surface area contributed by atoms with Crippen LogP contribution in [-0.4, -0.2) is 29.8 Å². The summed E-state index contributed by atoms with van der Waals surface area (Å²) in [6, 6.07) is 1.45. The highest BCUT2D eigenvalue weighted by Crippen LogP contribution is 2.18. The van der Waals surface area contributed by atoms with Crippen molar-refractivity contribution in [1.82, 2.24) is 9.88 Å². The molecule has 0 aliphatic rings. The van der Waals surface area contributed by atoms with Crippen molar-refractivity contribution in [3.8, 4) is 0 Å². The molecule has 15 heavy (non-hydrogen) atoms. The maximum absolute atomic E-state index is 11.6. The molecule has 0 atom stereocenters. The summed E-state index contributed by atoms with van der Waals surface area (Å²) in [5.41, 5.74) is 0.356. The first-order valence-corrected chi connectivity index (χ1v) is 4.96. The largest absolute Gasteiger partial charge is 0.383 e. The van der Waals surface area contributed by atoms with Crippen molar-refractivity contribution in [2.24, 2.45) is 0 Å². The Kier molecular flexibility index (Phi) is 4.12. The number of carbonyl (C=O) groups is 1. The summed E-state index contributed by atoms with van der Waals surface area (Å²) in [7, 11) is 3.65. The third kappa shape index (κ3) is 3.53. The van der Waals surface area contributed by atoms with Crippen LogP contribution in [0.4, 0.5) is 0 Å². The lowest BCUT2D eigenvalue weighted by molar-refractivity contribution is 0.104. The zero-order chi connectivity index (χ0) is 11.4. The van der Waals surface area contributed by atoms with Crippen molar-refractivity contribution in [2.75, 3.05) is 14.1 Å². The van der Waals surface area contributed by atoms with Gasteiger partial charge < -0.3 is 4.90 Å². The lowest BCUT2D eigenvalue weighted by atomic mass is 10.2. The Morgan fingerprint density at radius 1 is 1.47 bits per heavy atom. The van der Waals surface area contributed by atoms with E-state index in [1.165, 1.54) is 18.3 Å². The van der Waals surface area contributed by atoms with Crippen molar-refractivity contribution in [1.29, 1.82) is 0 Å². The van der Waals surface area contributed by atoms with Crippen LogP contribution >= 0.6 is 23.2 Å². The fraction of sp³-hybridized carbons (Fsp3) is 0.200. The number of halogens is 2.